The molecule has 0 atom stereocenters. The highest BCUT2D eigenvalue weighted by atomic mass is 19.1. The van der Waals surface area contributed by atoms with E-state index in [4.69, 9.17) is 5.21 Å². The first kappa shape index (κ1) is 18.0. The summed E-state index contributed by atoms with van der Waals surface area (Å²) in [6.45, 7) is 0.731. The number of nitrogens with one attached hydrogen (secondary N) is 2. The van der Waals surface area contributed by atoms with Gasteiger partial charge in [0.25, 0.3) is 5.91 Å². The van der Waals surface area contributed by atoms with E-state index in [1.807, 2.05) is 24.3 Å². The van der Waals surface area contributed by atoms with Crippen molar-refractivity contribution in [2.75, 3.05) is 6.54 Å². The van der Waals surface area contributed by atoms with Crippen molar-refractivity contribution in [3.63, 3.8) is 0 Å². The van der Waals surface area contributed by atoms with Gasteiger partial charge in [-0.1, -0.05) is 36.4 Å². The number of hydroxylamine groups is 1. The minimum absolute atomic E-state index is 0.244. The Hall–Kier alpha value is -2.76. The smallest absolute Gasteiger partial charge is 0.267 e. The molecule has 1 fully saturated rings. The zero-order valence-electron chi connectivity index (χ0n) is 14.3. The van der Waals surface area contributed by atoms with Gasteiger partial charge in [0.1, 0.15) is 5.82 Å². The molecule has 0 heterocycles. The van der Waals surface area contributed by atoms with Crippen LogP contribution in [0.3, 0.4) is 0 Å². The maximum Gasteiger partial charge on any atom is 0.267 e. The molecule has 0 aliphatic heterocycles. The Bertz CT molecular complexity index is 807. The summed E-state index contributed by atoms with van der Waals surface area (Å²) < 4.78 is 13.2. The first-order valence-corrected chi connectivity index (χ1v) is 8.56. The van der Waals surface area contributed by atoms with E-state index in [1.165, 1.54) is 31.1 Å². The van der Waals surface area contributed by atoms with Gasteiger partial charge in [-0.15, -0.1) is 0 Å². The van der Waals surface area contributed by atoms with Gasteiger partial charge in [-0.2, -0.15) is 0 Å². The highest BCUT2D eigenvalue weighted by Gasteiger charge is 2.20. The third kappa shape index (κ3) is 5.37. The number of rotatable bonds is 7. The quantitative estimate of drug-likeness (QED) is 0.309. The van der Waals surface area contributed by atoms with Crippen molar-refractivity contribution in [1.82, 2.24) is 10.8 Å². The van der Waals surface area contributed by atoms with Gasteiger partial charge in [0.05, 0.1) is 0 Å². The van der Waals surface area contributed by atoms with Crippen LogP contribution in [-0.2, 0) is 4.79 Å². The van der Waals surface area contributed by atoms with Gasteiger partial charge in [-0.05, 0) is 59.4 Å². The Morgan fingerprint density at radius 3 is 2.35 bits per heavy atom. The molecule has 1 amide bonds. The van der Waals surface area contributed by atoms with E-state index in [-0.39, 0.29) is 5.82 Å². The Kier molecular flexibility index (Phi) is 5.94. The topological polar surface area (TPSA) is 61.4 Å². The number of halogens is 1. The normalized spacial score (nSPS) is 14.6. The van der Waals surface area contributed by atoms with Crippen LogP contribution in [0, 0.1) is 5.82 Å². The molecular weight excluding hydrogens is 331 g/mol. The van der Waals surface area contributed by atoms with Crippen molar-refractivity contribution in [3.05, 3.63) is 77.1 Å². The fourth-order valence-corrected chi connectivity index (χ4v) is 2.56. The second-order valence-corrected chi connectivity index (χ2v) is 6.31. The third-order valence-corrected chi connectivity index (χ3v) is 4.19. The van der Waals surface area contributed by atoms with Gasteiger partial charge in [0.2, 0.25) is 0 Å². The molecule has 2 aromatic rings. The molecule has 0 aromatic heterocycles. The van der Waals surface area contributed by atoms with E-state index >= 15 is 0 Å². The Morgan fingerprint density at radius 2 is 1.73 bits per heavy atom. The lowest BCUT2D eigenvalue weighted by atomic mass is 10.0. The molecular formula is C21H21FN2O2. The third-order valence-electron chi connectivity index (χ3n) is 4.19. The largest absolute Gasteiger partial charge is 0.310 e. The fourth-order valence-electron chi connectivity index (χ4n) is 2.56. The maximum atomic E-state index is 13.2. The van der Waals surface area contributed by atoms with Gasteiger partial charge in [0.15, 0.2) is 0 Å². The van der Waals surface area contributed by atoms with Crippen molar-refractivity contribution < 1.29 is 14.4 Å². The molecule has 3 N–H and O–H groups in total. The Labute approximate surface area is 152 Å². The first-order valence-electron chi connectivity index (χ1n) is 8.56. The van der Waals surface area contributed by atoms with Crippen LogP contribution < -0.4 is 10.8 Å². The van der Waals surface area contributed by atoms with E-state index in [0.29, 0.717) is 6.04 Å². The van der Waals surface area contributed by atoms with Crippen LogP contribution in [0.2, 0.25) is 0 Å². The van der Waals surface area contributed by atoms with Crippen LogP contribution >= 0.6 is 0 Å². The van der Waals surface area contributed by atoms with Crippen molar-refractivity contribution in [1.29, 1.82) is 0 Å². The number of hydrogen-bond acceptors (Lipinski definition) is 3. The summed E-state index contributed by atoms with van der Waals surface area (Å²) in [5.74, 6) is -0.815. The van der Waals surface area contributed by atoms with E-state index in [9.17, 15) is 9.18 Å². The van der Waals surface area contributed by atoms with E-state index in [2.05, 4.69) is 11.4 Å². The Morgan fingerprint density at radius 1 is 1.08 bits per heavy atom. The van der Waals surface area contributed by atoms with Crippen LogP contribution in [0.5, 0.6) is 0 Å². The van der Waals surface area contributed by atoms with Crippen LogP contribution in [-0.4, -0.2) is 23.7 Å². The van der Waals surface area contributed by atoms with Crippen molar-refractivity contribution >= 4 is 23.6 Å². The van der Waals surface area contributed by atoms with E-state index in [1.54, 1.807) is 23.7 Å². The molecule has 0 spiro atoms. The molecule has 1 aliphatic rings. The molecule has 0 saturated heterocycles. The Balaban J connectivity index is 1.78. The molecule has 26 heavy (non-hydrogen) atoms. The highest BCUT2D eigenvalue weighted by molar-refractivity contribution is 5.91. The summed E-state index contributed by atoms with van der Waals surface area (Å²) in [7, 11) is 0. The number of carbonyl (C=O) groups excluding carboxylic acids is 1. The summed E-state index contributed by atoms with van der Waals surface area (Å²) in [6.07, 6.45) is 7.37. The molecule has 4 nitrogen and oxygen atoms in total. The van der Waals surface area contributed by atoms with Gasteiger partial charge in [-0.3, -0.25) is 10.0 Å². The standard InChI is InChI=1S/C21H21FN2O2/c22-19-8-6-17(7-9-19)18(14-23-20-10-11-20)13-16-3-1-15(2-4-16)5-12-21(25)24-26/h1-9,12-13,20,23,26H,10-11,14H2,(H,24,25)/b12-5?,18-13-. The molecule has 2 aromatic carbocycles. The molecule has 1 aliphatic carbocycles. The second kappa shape index (κ2) is 8.56. The lowest BCUT2D eigenvalue weighted by Gasteiger charge is -2.10. The SMILES string of the molecule is O=C(C=Cc1ccc(/C=C(/CNC2CC2)c2ccc(F)cc2)cc1)NO. The molecule has 134 valence electrons. The van der Waals surface area contributed by atoms with Crippen molar-refractivity contribution in [2.45, 2.75) is 18.9 Å². The maximum absolute atomic E-state index is 13.2. The fraction of sp³-hybridized carbons (Fsp3) is 0.190. The predicted octanol–water partition coefficient (Wildman–Crippen LogP) is 3.64. The van der Waals surface area contributed by atoms with Crippen molar-refractivity contribution in [3.8, 4) is 0 Å². The lowest BCUT2D eigenvalue weighted by Crippen LogP contribution is -2.18. The molecule has 1 saturated carbocycles. The van der Waals surface area contributed by atoms with Gasteiger partial charge in [0, 0.05) is 18.7 Å². The summed E-state index contributed by atoms with van der Waals surface area (Å²) in [5, 5.41) is 12.0. The van der Waals surface area contributed by atoms with Crippen LogP contribution in [0.15, 0.2) is 54.6 Å². The molecule has 0 radical (unpaired) electrons. The summed E-state index contributed by atoms with van der Waals surface area (Å²) in [4.78, 5) is 11.0. The molecule has 0 unspecified atom stereocenters. The van der Waals surface area contributed by atoms with Crippen LogP contribution in [0.4, 0.5) is 4.39 Å². The van der Waals surface area contributed by atoms with Gasteiger partial charge >= 0.3 is 0 Å². The van der Waals surface area contributed by atoms with Crippen molar-refractivity contribution in [2.24, 2.45) is 0 Å². The second-order valence-electron chi connectivity index (χ2n) is 6.31. The van der Waals surface area contributed by atoms with Gasteiger partial charge < -0.3 is 5.32 Å². The van der Waals surface area contributed by atoms with E-state index < -0.39 is 5.91 Å². The van der Waals surface area contributed by atoms with Crippen LogP contribution in [0.25, 0.3) is 17.7 Å². The van der Waals surface area contributed by atoms with Gasteiger partial charge in [-0.25, -0.2) is 9.87 Å². The lowest BCUT2D eigenvalue weighted by molar-refractivity contribution is -0.124. The highest BCUT2D eigenvalue weighted by Crippen LogP contribution is 2.23. The summed E-state index contributed by atoms with van der Waals surface area (Å²) >= 11 is 0. The molecule has 5 heteroatoms. The zero-order valence-corrected chi connectivity index (χ0v) is 14.3. The average Bonchev–Trinajstić information content (AvgIpc) is 3.49. The summed E-state index contributed by atoms with van der Waals surface area (Å²) in [6, 6.07) is 14.8. The summed E-state index contributed by atoms with van der Waals surface area (Å²) in [5.41, 5.74) is 5.51. The minimum Gasteiger partial charge on any atom is -0.310 e. The van der Waals surface area contributed by atoms with E-state index in [0.717, 1.165) is 28.8 Å². The molecule has 0 bridgehead atoms. The minimum atomic E-state index is -0.571. The number of benzene rings is 2. The average molecular weight is 352 g/mol. The number of hydrogen-bond donors (Lipinski definition) is 3. The molecule has 3 rings (SSSR count). The first-order chi connectivity index (χ1) is 12.6. The van der Waals surface area contributed by atoms with Crippen LogP contribution in [0.1, 0.15) is 29.5 Å². The predicted molar refractivity (Wildman–Crippen MR) is 101 cm³/mol. The monoisotopic (exact) mass is 352 g/mol. The number of amides is 1. The zero-order chi connectivity index (χ0) is 18.4. The number of carbonyl (C=O) groups is 1.